The number of carbonyl (C=O) groups is 1. The molecule has 1 amide bonds. The quantitative estimate of drug-likeness (QED) is 0.801. The van der Waals surface area contributed by atoms with Crippen LogP contribution < -0.4 is 10.9 Å². The van der Waals surface area contributed by atoms with Crippen molar-refractivity contribution in [1.29, 1.82) is 0 Å². The molecule has 2 rings (SSSR count). The Morgan fingerprint density at radius 3 is 3.00 bits per heavy atom. The van der Waals surface area contributed by atoms with Gasteiger partial charge in [0, 0.05) is 0 Å². The molecule has 0 aliphatic carbocycles. The first-order valence-corrected chi connectivity index (χ1v) is 6.27. The molecular weight excluding hydrogens is 233 g/mol. The molecule has 0 aromatic heterocycles. The molecular formula is C13H18FN3O. The van der Waals surface area contributed by atoms with Gasteiger partial charge in [0.05, 0.1) is 11.7 Å². The predicted molar refractivity (Wildman–Crippen MR) is 68.4 cm³/mol. The van der Waals surface area contributed by atoms with Crippen molar-refractivity contribution in [2.24, 2.45) is 0 Å². The number of amides is 1. The smallest absolute Gasteiger partial charge is 0.255 e. The summed E-state index contributed by atoms with van der Waals surface area (Å²) in [6, 6.07) is 6.16. The Balaban J connectivity index is 1.90. The summed E-state index contributed by atoms with van der Waals surface area (Å²) in [6.45, 7) is 3.85. The van der Waals surface area contributed by atoms with E-state index in [-0.39, 0.29) is 23.5 Å². The van der Waals surface area contributed by atoms with Crippen LogP contribution in [0.25, 0.3) is 0 Å². The zero-order chi connectivity index (χ0) is 13.0. The average Bonchev–Trinajstić information content (AvgIpc) is 2.86. The largest absolute Gasteiger partial charge is 0.296 e. The molecule has 1 aromatic rings. The van der Waals surface area contributed by atoms with Crippen LogP contribution in [0.5, 0.6) is 0 Å². The molecule has 1 aliphatic rings. The number of hydrazine groups is 1. The lowest BCUT2D eigenvalue weighted by Gasteiger charge is -2.22. The van der Waals surface area contributed by atoms with Gasteiger partial charge in [-0.05, 0) is 38.1 Å². The number of likely N-dealkylation sites (tertiary alicyclic amines) is 1. The molecule has 0 saturated carbocycles. The van der Waals surface area contributed by atoms with E-state index in [1.165, 1.54) is 6.07 Å². The highest BCUT2D eigenvalue weighted by atomic mass is 19.1. The highest BCUT2D eigenvalue weighted by molar-refractivity contribution is 5.83. The third-order valence-corrected chi connectivity index (χ3v) is 3.27. The maximum atomic E-state index is 13.3. The van der Waals surface area contributed by atoms with Crippen LogP contribution in [0.15, 0.2) is 24.3 Å². The summed E-state index contributed by atoms with van der Waals surface area (Å²) in [5.41, 5.74) is 5.49. The number of hydrogen-bond donors (Lipinski definition) is 2. The minimum Gasteiger partial charge on any atom is -0.296 e. The second-order valence-electron chi connectivity index (χ2n) is 4.38. The predicted octanol–water partition coefficient (Wildman–Crippen LogP) is 1.75. The lowest BCUT2D eigenvalue weighted by atomic mass is 10.2. The van der Waals surface area contributed by atoms with Gasteiger partial charge in [-0.15, -0.1) is 0 Å². The summed E-state index contributed by atoms with van der Waals surface area (Å²) < 4.78 is 13.3. The van der Waals surface area contributed by atoms with E-state index in [0.717, 1.165) is 25.9 Å². The van der Waals surface area contributed by atoms with E-state index in [9.17, 15) is 9.18 Å². The monoisotopic (exact) mass is 251 g/mol. The van der Waals surface area contributed by atoms with Crippen LogP contribution in [-0.4, -0.2) is 29.9 Å². The third kappa shape index (κ3) is 2.79. The topological polar surface area (TPSA) is 44.4 Å². The Hall–Kier alpha value is -1.62. The van der Waals surface area contributed by atoms with Crippen molar-refractivity contribution in [3.63, 3.8) is 0 Å². The third-order valence-electron chi connectivity index (χ3n) is 3.27. The minimum atomic E-state index is -0.378. The van der Waals surface area contributed by atoms with E-state index in [1.807, 2.05) is 6.92 Å². The fourth-order valence-electron chi connectivity index (χ4n) is 2.28. The Morgan fingerprint density at radius 2 is 2.28 bits per heavy atom. The van der Waals surface area contributed by atoms with E-state index in [2.05, 4.69) is 15.8 Å². The number of nitrogens with one attached hydrogen (secondary N) is 2. The molecule has 0 bridgehead atoms. The number of halogens is 1. The van der Waals surface area contributed by atoms with Crippen molar-refractivity contribution in [3.05, 3.63) is 30.1 Å². The molecule has 5 heteroatoms. The fourth-order valence-corrected chi connectivity index (χ4v) is 2.28. The average molecular weight is 251 g/mol. The van der Waals surface area contributed by atoms with Crippen LogP contribution >= 0.6 is 0 Å². The molecule has 1 fully saturated rings. The highest BCUT2D eigenvalue weighted by Crippen LogP contribution is 2.17. The van der Waals surface area contributed by atoms with Gasteiger partial charge in [-0.3, -0.25) is 20.5 Å². The molecule has 1 unspecified atom stereocenters. The van der Waals surface area contributed by atoms with Crippen LogP contribution in [0.2, 0.25) is 0 Å². The summed E-state index contributed by atoms with van der Waals surface area (Å²) in [5.74, 6) is -0.478. The molecule has 0 spiro atoms. The molecule has 4 nitrogen and oxygen atoms in total. The molecule has 2 N–H and O–H groups in total. The zero-order valence-corrected chi connectivity index (χ0v) is 10.4. The van der Waals surface area contributed by atoms with Crippen molar-refractivity contribution in [3.8, 4) is 0 Å². The molecule has 1 atom stereocenters. The van der Waals surface area contributed by atoms with Crippen molar-refractivity contribution in [2.75, 3.05) is 18.5 Å². The molecule has 1 heterocycles. The zero-order valence-electron chi connectivity index (χ0n) is 10.4. The highest BCUT2D eigenvalue weighted by Gasteiger charge is 2.29. The van der Waals surface area contributed by atoms with Gasteiger partial charge < -0.3 is 0 Å². The van der Waals surface area contributed by atoms with Gasteiger partial charge in [-0.2, -0.15) is 0 Å². The number of likely N-dealkylation sites (N-methyl/N-ethyl adjacent to an activating group) is 1. The van der Waals surface area contributed by atoms with Crippen LogP contribution in [0.3, 0.4) is 0 Å². The number of carbonyl (C=O) groups excluding carboxylic acids is 1. The SMILES string of the molecule is CCN1CCCC1C(=O)NNc1ccccc1F. The number of rotatable bonds is 4. The Bertz CT molecular complexity index is 424. The van der Waals surface area contributed by atoms with Crippen LogP contribution in [-0.2, 0) is 4.79 Å². The Labute approximate surface area is 106 Å². The molecule has 18 heavy (non-hydrogen) atoms. The summed E-state index contributed by atoms with van der Waals surface area (Å²) in [7, 11) is 0. The summed E-state index contributed by atoms with van der Waals surface area (Å²) in [4.78, 5) is 14.1. The number of nitrogens with zero attached hydrogens (tertiary/aromatic N) is 1. The Kier molecular flexibility index (Phi) is 4.15. The molecule has 1 aliphatic heterocycles. The number of para-hydroxylation sites is 1. The summed E-state index contributed by atoms with van der Waals surface area (Å²) in [5, 5.41) is 0. The summed E-state index contributed by atoms with van der Waals surface area (Å²) in [6.07, 6.45) is 1.89. The normalized spacial score (nSPS) is 19.8. The first kappa shape index (κ1) is 12.8. The van der Waals surface area contributed by atoms with Gasteiger partial charge in [0.1, 0.15) is 5.82 Å². The van der Waals surface area contributed by atoms with E-state index in [1.54, 1.807) is 18.2 Å². The van der Waals surface area contributed by atoms with Gasteiger partial charge in [-0.1, -0.05) is 19.1 Å². The Morgan fingerprint density at radius 1 is 1.50 bits per heavy atom. The first-order chi connectivity index (χ1) is 8.72. The van der Waals surface area contributed by atoms with E-state index in [0.29, 0.717) is 0 Å². The maximum Gasteiger partial charge on any atom is 0.255 e. The fraction of sp³-hybridized carbons (Fsp3) is 0.462. The van der Waals surface area contributed by atoms with Gasteiger partial charge in [-0.25, -0.2) is 4.39 Å². The van der Waals surface area contributed by atoms with Gasteiger partial charge in [0.2, 0.25) is 0 Å². The van der Waals surface area contributed by atoms with Gasteiger partial charge >= 0.3 is 0 Å². The van der Waals surface area contributed by atoms with Crippen molar-refractivity contribution < 1.29 is 9.18 Å². The second kappa shape index (κ2) is 5.82. The number of anilines is 1. The van der Waals surface area contributed by atoms with Crippen molar-refractivity contribution in [1.82, 2.24) is 10.3 Å². The molecule has 1 saturated heterocycles. The molecule has 1 aromatic carbocycles. The molecule has 98 valence electrons. The van der Waals surface area contributed by atoms with E-state index >= 15 is 0 Å². The number of hydrogen-bond acceptors (Lipinski definition) is 3. The van der Waals surface area contributed by atoms with Gasteiger partial charge in [0.25, 0.3) is 5.91 Å². The first-order valence-electron chi connectivity index (χ1n) is 6.27. The maximum absolute atomic E-state index is 13.3. The van der Waals surface area contributed by atoms with Gasteiger partial charge in [0.15, 0.2) is 0 Å². The van der Waals surface area contributed by atoms with Crippen LogP contribution in [0.4, 0.5) is 10.1 Å². The summed E-state index contributed by atoms with van der Waals surface area (Å²) >= 11 is 0. The van der Waals surface area contributed by atoms with E-state index < -0.39 is 0 Å². The second-order valence-corrected chi connectivity index (χ2v) is 4.38. The minimum absolute atomic E-state index is 0.0994. The van der Waals surface area contributed by atoms with E-state index in [4.69, 9.17) is 0 Å². The van der Waals surface area contributed by atoms with Crippen LogP contribution in [0, 0.1) is 5.82 Å². The molecule has 0 radical (unpaired) electrons. The van der Waals surface area contributed by atoms with Crippen LogP contribution in [0.1, 0.15) is 19.8 Å². The lowest BCUT2D eigenvalue weighted by Crippen LogP contribution is -2.45. The standard InChI is InChI=1S/C13H18FN3O/c1-2-17-9-5-8-12(17)13(18)16-15-11-7-4-3-6-10(11)14/h3-4,6-7,12,15H,2,5,8-9H2,1H3,(H,16,18). The van der Waals surface area contributed by atoms with Crippen molar-refractivity contribution >= 4 is 11.6 Å². The van der Waals surface area contributed by atoms with Crippen molar-refractivity contribution in [2.45, 2.75) is 25.8 Å². The number of benzene rings is 1. The lowest BCUT2D eigenvalue weighted by molar-refractivity contribution is -0.124.